The molecule has 0 aliphatic rings. The van der Waals surface area contributed by atoms with Crippen molar-refractivity contribution in [3.63, 3.8) is 0 Å². The fourth-order valence-corrected chi connectivity index (χ4v) is 1.72. The van der Waals surface area contributed by atoms with E-state index in [1.54, 1.807) is 0 Å². The molecule has 0 spiro atoms. The van der Waals surface area contributed by atoms with Gasteiger partial charge in [0.15, 0.2) is 0 Å². The molecule has 2 unspecified atom stereocenters. The van der Waals surface area contributed by atoms with E-state index >= 15 is 0 Å². The summed E-state index contributed by atoms with van der Waals surface area (Å²) in [6.07, 6.45) is 1.19. The van der Waals surface area contributed by atoms with E-state index in [1.807, 2.05) is 13.8 Å². The fraction of sp³-hybridized carbons (Fsp3) is 0.500. The van der Waals surface area contributed by atoms with Gasteiger partial charge in [-0.15, -0.1) is 0 Å². The van der Waals surface area contributed by atoms with Crippen molar-refractivity contribution in [2.45, 2.75) is 32.7 Å². The van der Waals surface area contributed by atoms with Crippen molar-refractivity contribution in [3.05, 3.63) is 35.4 Å². The minimum Gasteiger partial charge on any atom is -0.354 e. The molecule has 0 aliphatic carbocycles. The quantitative estimate of drug-likeness (QED) is 0.830. The Bertz CT molecular complexity index is 417. The fourth-order valence-electron chi connectivity index (χ4n) is 1.72. The first-order chi connectivity index (χ1) is 8.93. The van der Waals surface area contributed by atoms with Crippen molar-refractivity contribution in [1.29, 1.82) is 0 Å². The average Bonchev–Trinajstić information content (AvgIpc) is 2.35. The van der Waals surface area contributed by atoms with Crippen molar-refractivity contribution in [2.75, 3.05) is 6.54 Å². The molecule has 1 amide bonds. The number of nitrogens with two attached hydrogens (primary N) is 1. The molecule has 0 saturated carbocycles. The molecule has 0 aliphatic heterocycles. The van der Waals surface area contributed by atoms with Crippen LogP contribution in [0.25, 0.3) is 0 Å². The first-order valence-corrected chi connectivity index (χ1v) is 6.42. The van der Waals surface area contributed by atoms with Gasteiger partial charge in [0.1, 0.15) is 11.6 Å². The second-order valence-electron chi connectivity index (χ2n) is 4.73. The van der Waals surface area contributed by atoms with Crippen LogP contribution in [0.3, 0.4) is 0 Å². The third-order valence-corrected chi connectivity index (χ3v) is 3.19. The number of benzene rings is 1. The summed E-state index contributed by atoms with van der Waals surface area (Å²) in [5.74, 6) is -1.35. The highest BCUT2D eigenvalue weighted by atomic mass is 19.1. The number of carbonyl (C=O) groups excluding carboxylic acids is 1. The van der Waals surface area contributed by atoms with E-state index in [9.17, 15) is 13.6 Å². The maximum absolute atomic E-state index is 12.9. The number of carbonyl (C=O) groups is 1. The van der Waals surface area contributed by atoms with Gasteiger partial charge in [-0.3, -0.25) is 4.79 Å². The lowest BCUT2D eigenvalue weighted by Crippen LogP contribution is -2.45. The molecule has 0 radical (unpaired) electrons. The molecule has 1 rings (SSSR count). The highest BCUT2D eigenvalue weighted by molar-refractivity contribution is 5.81. The van der Waals surface area contributed by atoms with Crippen LogP contribution in [-0.4, -0.2) is 18.5 Å². The number of halogens is 2. The Morgan fingerprint density at radius 1 is 1.32 bits per heavy atom. The van der Waals surface area contributed by atoms with Crippen LogP contribution in [0.1, 0.15) is 25.8 Å². The van der Waals surface area contributed by atoms with Gasteiger partial charge in [-0.1, -0.05) is 20.3 Å². The van der Waals surface area contributed by atoms with Gasteiger partial charge >= 0.3 is 0 Å². The van der Waals surface area contributed by atoms with Gasteiger partial charge in [0.25, 0.3) is 0 Å². The van der Waals surface area contributed by atoms with Gasteiger partial charge in [-0.2, -0.15) is 0 Å². The van der Waals surface area contributed by atoms with Gasteiger partial charge in [-0.05, 0) is 30.0 Å². The van der Waals surface area contributed by atoms with Crippen LogP contribution < -0.4 is 11.1 Å². The highest BCUT2D eigenvalue weighted by Gasteiger charge is 2.18. The normalized spacial score (nSPS) is 13.9. The lowest BCUT2D eigenvalue weighted by molar-refractivity contribution is -0.123. The molecule has 2 atom stereocenters. The van der Waals surface area contributed by atoms with Crippen LogP contribution >= 0.6 is 0 Å². The van der Waals surface area contributed by atoms with E-state index in [2.05, 4.69) is 5.32 Å². The highest BCUT2D eigenvalue weighted by Crippen LogP contribution is 2.08. The first kappa shape index (κ1) is 15.6. The zero-order chi connectivity index (χ0) is 14.4. The molecule has 106 valence electrons. The summed E-state index contributed by atoms with van der Waals surface area (Å²) < 4.78 is 25.9. The molecule has 1 aromatic carbocycles. The van der Waals surface area contributed by atoms with E-state index in [-0.39, 0.29) is 11.8 Å². The van der Waals surface area contributed by atoms with Crippen molar-refractivity contribution < 1.29 is 13.6 Å². The SMILES string of the molecule is CCC(C)C(N)C(=O)NCCc1cc(F)cc(F)c1. The van der Waals surface area contributed by atoms with Gasteiger partial charge in [0.2, 0.25) is 5.91 Å². The molecule has 3 nitrogen and oxygen atoms in total. The molecule has 19 heavy (non-hydrogen) atoms. The van der Waals surface area contributed by atoms with Crippen LogP contribution in [0.4, 0.5) is 8.78 Å². The van der Waals surface area contributed by atoms with Crippen LogP contribution in [-0.2, 0) is 11.2 Å². The summed E-state index contributed by atoms with van der Waals surface area (Å²) in [5.41, 5.74) is 6.28. The average molecular weight is 270 g/mol. The van der Waals surface area contributed by atoms with Crippen LogP contribution in [0.15, 0.2) is 18.2 Å². The zero-order valence-corrected chi connectivity index (χ0v) is 11.2. The minimum atomic E-state index is -0.613. The largest absolute Gasteiger partial charge is 0.354 e. The molecule has 0 saturated heterocycles. The lowest BCUT2D eigenvalue weighted by atomic mass is 9.99. The molecular weight excluding hydrogens is 250 g/mol. The Morgan fingerprint density at radius 3 is 2.42 bits per heavy atom. The van der Waals surface area contributed by atoms with Gasteiger partial charge in [0, 0.05) is 12.6 Å². The summed E-state index contributed by atoms with van der Waals surface area (Å²) in [6, 6.07) is 2.78. The molecule has 1 aromatic rings. The van der Waals surface area contributed by atoms with Crippen molar-refractivity contribution in [1.82, 2.24) is 5.32 Å². The summed E-state index contributed by atoms with van der Waals surface area (Å²) >= 11 is 0. The summed E-state index contributed by atoms with van der Waals surface area (Å²) in [7, 11) is 0. The van der Waals surface area contributed by atoms with E-state index in [0.717, 1.165) is 12.5 Å². The second kappa shape index (κ2) is 7.19. The number of hydrogen-bond acceptors (Lipinski definition) is 2. The second-order valence-corrected chi connectivity index (χ2v) is 4.73. The van der Waals surface area contributed by atoms with Gasteiger partial charge in [0.05, 0.1) is 6.04 Å². The van der Waals surface area contributed by atoms with E-state index < -0.39 is 17.7 Å². The molecular formula is C14H20F2N2O. The maximum atomic E-state index is 12.9. The first-order valence-electron chi connectivity index (χ1n) is 6.42. The smallest absolute Gasteiger partial charge is 0.237 e. The Labute approximate surface area is 112 Å². The van der Waals surface area contributed by atoms with Crippen molar-refractivity contribution in [3.8, 4) is 0 Å². The Hall–Kier alpha value is -1.49. The Kier molecular flexibility index (Phi) is 5.89. The third kappa shape index (κ3) is 4.95. The topological polar surface area (TPSA) is 55.1 Å². The number of rotatable bonds is 6. The summed E-state index contributed by atoms with van der Waals surface area (Å²) in [6.45, 7) is 4.19. The maximum Gasteiger partial charge on any atom is 0.237 e. The standard InChI is InChI=1S/C14H20F2N2O/c1-3-9(2)13(17)14(19)18-5-4-10-6-11(15)8-12(16)7-10/h6-9,13H,3-5,17H2,1-2H3,(H,18,19). The molecule has 0 bridgehead atoms. The van der Waals surface area contributed by atoms with Gasteiger partial charge < -0.3 is 11.1 Å². The predicted molar refractivity (Wildman–Crippen MR) is 70.5 cm³/mol. The molecule has 5 heteroatoms. The monoisotopic (exact) mass is 270 g/mol. The van der Waals surface area contributed by atoms with Crippen LogP contribution in [0.5, 0.6) is 0 Å². The molecule has 0 aromatic heterocycles. The Morgan fingerprint density at radius 2 is 1.89 bits per heavy atom. The number of nitrogens with one attached hydrogen (secondary N) is 1. The van der Waals surface area contributed by atoms with E-state index in [4.69, 9.17) is 5.73 Å². The minimum absolute atomic E-state index is 0.103. The number of hydrogen-bond donors (Lipinski definition) is 2. The molecule has 3 N–H and O–H groups in total. The number of amides is 1. The van der Waals surface area contributed by atoms with Crippen molar-refractivity contribution >= 4 is 5.91 Å². The van der Waals surface area contributed by atoms with Crippen LogP contribution in [0.2, 0.25) is 0 Å². The lowest BCUT2D eigenvalue weighted by Gasteiger charge is -2.17. The van der Waals surface area contributed by atoms with E-state index in [0.29, 0.717) is 18.5 Å². The molecule has 0 heterocycles. The van der Waals surface area contributed by atoms with Crippen molar-refractivity contribution in [2.24, 2.45) is 11.7 Å². The van der Waals surface area contributed by atoms with Gasteiger partial charge in [-0.25, -0.2) is 8.78 Å². The molecule has 0 fully saturated rings. The zero-order valence-electron chi connectivity index (χ0n) is 11.2. The Balaban J connectivity index is 2.43. The van der Waals surface area contributed by atoms with E-state index in [1.165, 1.54) is 12.1 Å². The third-order valence-electron chi connectivity index (χ3n) is 3.19. The summed E-state index contributed by atoms with van der Waals surface area (Å²) in [4.78, 5) is 11.7. The predicted octanol–water partition coefficient (Wildman–Crippen LogP) is 2.00. The summed E-state index contributed by atoms with van der Waals surface area (Å²) in [5, 5.41) is 2.68. The van der Waals surface area contributed by atoms with Crippen LogP contribution in [0, 0.1) is 17.6 Å².